The van der Waals surface area contributed by atoms with Gasteiger partial charge in [0.15, 0.2) is 0 Å². The van der Waals surface area contributed by atoms with Crippen LogP contribution < -0.4 is 10.4 Å². The van der Waals surface area contributed by atoms with E-state index < -0.39 is 0 Å². The summed E-state index contributed by atoms with van der Waals surface area (Å²) in [5.74, 6) is 0. The van der Waals surface area contributed by atoms with Crippen LogP contribution in [0.4, 0.5) is 0 Å². The minimum Gasteiger partial charge on any atom is -0.0905 e. The monoisotopic (exact) mass is 348 g/mol. The Morgan fingerprint density at radius 2 is 1.73 bits per heavy atom. The van der Waals surface area contributed by atoms with Crippen LogP contribution in [-0.4, -0.2) is 0 Å². The zero-order chi connectivity index (χ0) is 15.5. The molecule has 0 atom stereocenters. The van der Waals surface area contributed by atoms with Crippen molar-refractivity contribution in [2.75, 3.05) is 0 Å². The highest BCUT2D eigenvalue weighted by molar-refractivity contribution is 9.10. The molecule has 0 nitrogen and oxygen atoms in total. The van der Waals surface area contributed by atoms with Gasteiger partial charge in [-0.3, -0.25) is 0 Å². The molecule has 22 heavy (non-hydrogen) atoms. The zero-order valence-corrected chi connectivity index (χ0v) is 14.1. The van der Waals surface area contributed by atoms with E-state index in [0.29, 0.717) is 0 Å². The molecule has 0 bridgehead atoms. The zero-order valence-electron chi connectivity index (χ0n) is 12.5. The van der Waals surface area contributed by atoms with E-state index in [9.17, 15) is 0 Å². The summed E-state index contributed by atoms with van der Waals surface area (Å²) in [6, 6.07) is 19.1. The molecule has 0 N–H and O–H groups in total. The number of allylic oxidation sites excluding steroid dienone is 2. The molecule has 1 heteroatoms. The summed E-state index contributed by atoms with van der Waals surface area (Å²) in [6.45, 7) is 6.36. The summed E-state index contributed by atoms with van der Waals surface area (Å²) < 4.78 is 1.09. The molecule has 0 aliphatic heterocycles. The summed E-state index contributed by atoms with van der Waals surface area (Å²) in [5.41, 5.74) is 2.42. The minimum absolute atomic E-state index is 1.08. The second kappa shape index (κ2) is 6.33. The third-order valence-electron chi connectivity index (χ3n) is 3.81. The van der Waals surface area contributed by atoms with Crippen LogP contribution >= 0.6 is 15.9 Å². The van der Waals surface area contributed by atoms with Gasteiger partial charge in [-0.1, -0.05) is 77.1 Å². The highest BCUT2D eigenvalue weighted by Crippen LogP contribution is 2.21. The summed E-state index contributed by atoms with van der Waals surface area (Å²) in [4.78, 5) is 0. The molecule has 0 radical (unpaired) electrons. The van der Waals surface area contributed by atoms with Gasteiger partial charge >= 0.3 is 0 Å². The summed E-state index contributed by atoms with van der Waals surface area (Å²) in [5, 5.41) is 4.69. The van der Waals surface area contributed by atoms with Gasteiger partial charge in [0.05, 0.1) is 0 Å². The Hall–Kier alpha value is -2.12. The average molecular weight is 349 g/mol. The highest BCUT2D eigenvalue weighted by Gasteiger charge is 2.04. The van der Waals surface area contributed by atoms with Crippen molar-refractivity contribution >= 4 is 39.4 Å². The fourth-order valence-electron chi connectivity index (χ4n) is 2.69. The Labute approximate surface area is 139 Å². The lowest BCUT2D eigenvalue weighted by molar-refractivity contribution is 1.54. The first-order valence-electron chi connectivity index (χ1n) is 7.30. The Bertz CT molecular complexity index is 948. The number of rotatable bonds is 2. The number of hydrogen-bond donors (Lipinski definition) is 0. The molecule has 0 aliphatic rings. The van der Waals surface area contributed by atoms with Gasteiger partial charge in [-0.05, 0) is 57.5 Å². The van der Waals surface area contributed by atoms with Gasteiger partial charge < -0.3 is 0 Å². The average Bonchev–Trinajstić information content (AvgIpc) is 2.55. The Balaban J connectivity index is 2.41. The summed E-state index contributed by atoms with van der Waals surface area (Å²) in [6.07, 6.45) is 6.26. The van der Waals surface area contributed by atoms with Crippen LogP contribution in [0.5, 0.6) is 0 Å². The van der Waals surface area contributed by atoms with Gasteiger partial charge in [0, 0.05) is 4.47 Å². The standard InChI is InChI=1S/C21H17Br/c1-3-4-8-20-15(2)19-9-6-5-7-17(19)14-21(20)16-10-12-18(22)13-11-16/h3-14H,2H2,1H3/b4-3-,20-8+. The molecule has 0 aromatic heterocycles. The van der Waals surface area contributed by atoms with Crippen LogP contribution in [0.1, 0.15) is 6.92 Å². The van der Waals surface area contributed by atoms with Crippen LogP contribution in [0.25, 0.3) is 34.6 Å². The third-order valence-corrected chi connectivity index (χ3v) is 4.34. The van der Waals surface area contributed by atoms with E-state index in [1.807, 2.05) is 13.0 Å². The Kier molecular flexibility index (Phi) is 4.26. The van der Waals surface area contributed by atoms with Gasteiger partial charge in [-0.2, -0.15) is 0 Å². The maximum absolute atomic E-state index is 4.33. The second-order valence-electron chi connectivity index (χ2n) is 5.24. The fraction of sp³-hybridized carbons (Fsp3) is 0.0476. The third kappa shape index (κ3) is 2.77. The SMILES string of the molecule is C=c1/c(=C\C=C/C)c(-c2ccc(Br)cc2)cc2ccccc12. The molecule has 108 valence electrons. The number of halogens is 1. The van der Waals surface area contributed by atoms with Crippen molar-refractivity contribution < 1.29 is 0 Å². The van der Waals surface area contributed by atoms with E-state index in [1.165, 1.54) is 27.1 Å². The molecule has 3 aromatic carbocycles. The highest BCUT2D eigenvalue weighted by atomic mass is 79.9. The van der Waals surface area contributed by atoms with Crippen molar-refractivity contribution in [1.29, 1.82) is 0 Å². The largest absolute Gasteiger partial charge is 0.0905 e. The van der Waals surface area contributed by atoms with Gasteiger partial charge in [0.25, 0.3) is 0 Å². The predicted molar refractivity (Wildman–Crippen MR) is 101 cm³/mol. The van der Waals surface area contributed by atoms with Crippen molar-refractivity contribution in [3.63, 3.8) is 0 Å². The van der Waals surface area contributed by atoms with E-state index >= 15 is 0 Å². The lowest BCUT2D eigenvalue weighted by atomic mass is 9.96. The molecule has 3 aromatic rings. The van der Waals surface area contributed by atoms with Crippen molar-refractivity contribution in [3.05, 3.63) is 81.7 Å². The molecular formula is C21H17Br. The first-order chi connectivity index (χ1) is 10.7. The van der Waals surface area contributed by atoms with Crippen molar-refractivity contribution in [2.45, 2.75) is 6.92 Å². The maximum atomic E-state index is 4.33. The van der Waals surface area contributed by atoms with E-state index in [2.05, 4.69) is 89.3 Å². The molecule has 0 spiro atoms. The lowest BCUT2D eigenvalue weighted by Gasteiger charge is -2.08. The minimum atomic E-state index is 1.08. The predicted octanol–water partition coefficient (Wildman–Crippen LogP) is 5.04. The number of hydrogen-bond acceptors (Lipinski definition) is 0. The van der Waals surface area contributed by atoms with Crippen LogP contribution in [0, 0.1) is 0 Å². The van der Waals surface area contributed by atoms with Crippen LogP contribution in [0.3, 0.4) is 0 Å². The van der Waals surface area contributed by atoms with Crippen LogP contribution in [0.2, 0.25) is 0 Å². The van der Waals surface area contributed by atoms with Crippen LogP contribution in [0.15, 0.2) is 71.2 Å². The quantitative estimate of drug-likeness (QED) is 0.608. The Morgan fingerprint density at radius 1 is 1.00 bits per heavy atom. The lowest BCUT2D eigenvalue weighted by Crippen LogP contribution is -2.26. The van der Waals surface area contributed by atoms with Gasteiger partial charge in [-0.25, -0.2) is 0 Å². The van der Waals surface area contributed by atoms with Gasteiger partial charge in [0.2, 0.25) is 0 Å². The van der Waals surface area contributed by atoms with E-state index in [4.69, 9.17) is 0 Å². The maximum Gasteiger partial charge on any atom is 0.0175 e. The normalized spacial score (nSPS) is 12.4. The van der Waals surface area contributed by atoms with E-state index in [1.54, 1.807) is 0 Å². The van der Waals surface area contributed by atoms with Crippen molar-refractivity contribution in [2.24, 2.45) is 0 Å². The molecule has 0 unspecified atom stereocenters. The Morgan fingerprint density at radius 3 is 2.45 bits per heavy atom. The topological polar surface area (TPSA) is 0 Å². The van der Waals surface area contributed by atoms with E-state index in [-0.39, 0.29) is 0 Å². The van der Waals surface area contributed by atoms with Crippen molar-refractivity contribution in [1.82, 2.24) is 0 Å². The summed E-state index contributed by atoms with van der Waals surface area (Å²) in [7, 11) is 0. The molecule has 3 rings (SSSR count). The molecule has 0 heterocycles. The smallest absolute Gasteiger partial charge is 0.0175 e. The van der Waals surface area contributed by atoms with Crippen molar-refractivity contribution in [3.8, 4) is 11.1 Å². The summed E-state index contributed by atoms with van der Waals surface area (Å²) >= 11 is 3.50. The first kappa shape index (κ1) is 14.8. The fourth-order valence-corrected chi connectivity index (χ4v) is 2.95. The molecular weight excluding hydrogens is 332 g/mol. The molecule has 0 amide bonds. The first-order valence-corrected chi connectivity index (χ1v) is 8.09. The second-order valence-corrected chi connectivity index (χ2v) is 6.15. The molecule has 0 aliphatic carbocycles. The van der Waals surface area contributed by atoms with Gasteiger partial charge in [-0.15, -0.1) is 0 Å². The van der Waals surface area contributed by atoms with Crippen LogP contribution in [-0.2, 0) is 0 Å². The van der Waals surface area contributed by atoms with E-state index in [0.717, 1.165) is 9.69 Å². The number of fused-ring (bicyclic) bond motifs is 1. The molecule has 0 fully saturated rings. The molecule has 0 saturated heterocycles. The van der Waals surface area contributed by atoms with Gasteiger partial charge in [0.1, 0.15) is 0 Å². The number of benzene rings is 3. The molecule has 0 saturated carbocycles.